The van der Waals surface area contributed by atoms with Gasteiger partial charge >= 0.3 is 6.09 Å². The largest absolute Gasteiger partial charge is 0.444 e. The van der Waals surface area contributed by atoms with Gasteiger partial charge in [-0.05, 0) is 39.7 Å². The van der Waals surface area contributed by atoms with Crippen LogP contribution in [0.4, 0.5) is 4.79 Å². The van der Waals surface area contributed by atoms with Gasteiger partial charge in [0.2, 0.25) is 5.89 Å². The van der Waals surface area contributed by atoms with E-state index < -0.39 is 24.0 Å². The number of amides is 2. The highest BCUT2D eigenvalue weighted by atomic mass is 16.6. The molecule has 2 heterocycles. The van der Waals surface area contributed by atoms with Crippen LogP contribution in [-0.4, -0.2) is 39.1 Å². The average molecular weight is 464 g/mol. The van der Waals surface area contributed by atoms with Gasteiger partial charge in [-0.2, -0.15) is 0 Å². The lowest BCUT2D eigenvalue weighted by atomic mass is 10.1. The second-order valence-corrected chi connectivity index (χ2v) is 9.19. The fraction of sp³-hybridized carbons (Fsp3) is 0.346. The summed E-state index contributed by atoms with van der Waals surface area (Å²) < 4.78 is 11.3. The normalized spacial score (nSPS) is 16.3. The van der Waals surface area contributed by atoms with E-state index in [0.717, 1.165) is 5.56 Å². The van der Waals surface area contributed by atoms with Crippen LogP contribution < -0.4 is 5.32 Å². The molecular weight excluding hydrogens is 434 g/mol. The molecule has 0 fully saturated rings. The molecule has 2 amide bonds. The molecule has 0 bridgehead atoms. The number of nitrogens with zero attached hydrogens (tertiary/aromatic N) is 2. The molecule has 2 N–H and O–H groups in total. The Kier molecular flexibility index (Phi) is 6.70. The van der Waals surface area contributed by atoms with Gasteiger partial charge in [0.15, 0.2) is 12.0 Å². The Morgan fingerprint density at radius 2 is 1.88 bits per heavy atom. The van der Waals surface area contributed by atoms with Crippen LogP contribution in [0, 0.1) is 0 Å². The summed E-state index contributed by atoms with van der Waals surface area (Å²) in [6.07, 6.45) is 0.938. The first-order valence-electron chi connectivity index (χ1n) is 11.3. The average Bonchev–Trinajstić information content (AvgIpc) is 3.38. The van der Waals surface area contributed by atoms with Gasteiger partial charge in [-0.1, -0.05) is 48.5 Å². The molecule has 34 heavy (non-hydrogen) atoms. The zero-order valence-electron chi connectivity index (χ0n) is 19.5. The standard InChI is InChI=1S/C26H29N3O5/c1-26(2,3)34-25(32)27-15-9-14-20(22-28-16-21(33-22)17-10-5-4-6-11-17)29-23(30)18-12-7-8-13-19(18)24(29)31/h4-8,10-13,16,20,23,30H,9,14-15H2,1-3H3,(H,27,32)/t20-,23?/m0/s1. The molecule has 178 valence electrons. The minimum atomic E-state index is -1.11. The van der Waals surface area contributed by atoms with E-state index in [9.17, 15) is 14.7 Å². The summed E-state index contributed by atoms with van der Waals surface area (Å²) in [5.74, 6) is 0.620. The Morgan fingerprint density at radius 1 is 1.18 bits per heavy atom. The number of alkyl carbamates (subject to hydrolysis) is 1. The summed E-state index contributed by atoms with van der Waals surface area (Å²) in [5.41, 5.74) is 1.29. The quantitative estimate of drug-likeness (QED) is 0.486. The molecule has 0 aliphatic carbocycles. The van der Waals surface area contributed by atoms with Crippen molar-refractivity contribution >= 4 is 12.0 Å². The monoisotopic (exact) mass is 463 g/mol. The highest BCUT2D eigenvalue weighted by Crippen LogP contribution is 2.40. The van der Waals surface area contributed by atoms with Crippen molar-refractivity contribution in [2.24, 2.45) is 0 Å². The van der Waals surface area contributed by atoms with Crippen LogP contribution in [-0.2, 0) is 4.74 Å². The van der Waals surface area contributed by atoms with Crippen LogP contribution in [0.5, 0.6) is 0 Å². The fourth-order valence-corrected chi connectivity index (χ4v) is 3.99. The number of nitrogens with one attached hydrogen (secondary N) is 1. The summed E-state index contributed by atoms with van der Waals surface area (Å²) in [6.45, 7) is 5.73. The van der Waals surface area contributed by atoms with Gasteiger partial charge in [-0.15, -0.1) is 0 Å². The maximum absolute atomic E-state index is 13.2. The Morgan fingerprint density at radius 3 is 2.59 bits per heavy atom. The number of ether oxygens (including phenoxy) is 1. The van der Waals surface area contributed by atoms with E-state index in [4.69, 9.17) is 9.15 Å². The van der Waals surface area contributed by atoms with Crippen molar-refractivity contribution in [2.45, 2.75) is 51.5 Å². The molecule has 2 aromatic carbocycles. The van der Waals surface area contributed by atoms with Gasteiger partial charge in [0.05, 0.1) is 6.20 Å². The minimum absolute atomic E-state index is 0.285. The number of hydrogen-bond acceptors (Lipinski definition) is 6. The fourth-order valence-electron chi connectivity index (χ4n) is 3.99. The summed E-state index contributed by atoms with van der Waals surface area (Å²) >= 11 is 0. The predicted molar refractivity (Wildman–Crippen MR) is 126 cm³/mol. The number of rotatable bonds is 7. The van der Waals surface area contributed by atoms with E-state index in [-0.39, 0.29) is 5.91 Å². The zero-order chi connectivity index (χ0) is 24.3. The zero-order valence-corrected chi connectivity index (χ0v) is 19.5. The van der Waals surface area contributed by atoms with Crippen molar-refractivity contribution in [1.82, 2.24) is 15.2 Å². The summed E-state index contributed by atoms with van der Waals surface area (Å²) in [7, 11) is 0. The van der Waals surface area contributed by atoms with E-state index >= 15 is 0 Å². The number of hydrogen-bond donors (Lipinski definition) is 2. The topological polar surface area (TPSA) is 105 Å². The van der Waals surface area contributed by atoms with Crippen LogP contribution in [0.3, 0.4) is 0 Å². The molecule has 4 rings (SSSR count). The first-order chi connectivity index (χ1) is 16.2. The highest BCUT2D eigenvalue weighted by molar-refractivity contribution is 5.99. The third-order valence-corrected chi connectivity index (χ3v) is 5.49. The predicted octanol–water partition coefficient (Wildman–Crippen LogP) is 4.83. The van der Waals surface area contributed by atoms with Crippen LogP contribution in [0.15, 0.2) is 65.2 Å². The Bertz CT molecular complexity index is 1150. The van der Waals surface area contributed by atoms with Gasteiger partial charge in [0, 0.05) is 23.2 Å². The van der Waals surface area contributed by atoms with Crippen molar-refractivity contribution in [3.63, 3.8) is 0 Å². The number of carbonyl (C=O) groups is 2. The van der Waals surface area contributed by atoms with Crippen molar-refractivity contribution in [3.05, 3.63) is 77.8 Å². The van der Waals surface area contributed by atoms with Gasteiger partial charge in [0.1, 0.15) is 11.6 Å². The molecule has 0 spiro atoms. The lowest BCUT2D eigenvalue weighted by Crippen LogP contribution is -2.35. The number of fused-ring (bicyclic) bond motifs is 1. The molecule has 8 nitrogen and oxygen atoms in total. The summed E-state index contributed by atoms with van der Waals surface area (Å²) in [4.78, 5) is 31.0. The van der Waals surface area contributed by atoms with E-state index in [0.29, 0.717) is 42.2 Å². The molecule has 1 aromatic heterocycles. The lowest BCUT2D eigenvalue weighted by Gasteiger charge is -2.29. The number of benzene rings is 2. The summed E-state index contributed by atoms with van der Waals surface area (Å²) in [5, 5.41) is 13.7. The van der Waals surface area contributed by atoms with Crippen LogP contribution >= 0.6 is 0 Å². The van der Waals surface area contributed by atoms with E-state index in [1.165, 1.54) is 4.90 Å². The maximum Gasteiger partial charge on any atom is 0.407 e. The van der Waals surface area contributed by atoms with E-state index in [2.05, 4.69) is 10.3 Å². The van der Waals surface area contributed by atoms with E-state index in [1.54, 1.807) is 51.2 Å². The number of aliphatic hydroxyl groups excluding tert-OH is 1. The SMILES string of the molecule is CC(C)(C)OC(=O)NCCC[C@@H](c1ncc(-c2ccccc2)o1)N1C(=O)c2ccccc2C1O. The molecular formula is C26H29N3O5. The number of oxazole rings is 1. The van der Waals surface area contributed by atoms with Crippen LogP contribution in [0.1, 0.15) is 67.7 Å². The lowest BCUT2D eigenvalue weighted by molar-refractivity contribution is -0.0117. The van der Waals surface area contributed by atoms with Crippen molar-refractivity contribution in [2.75, 3.05) is 6.54 Å². The molecule has 0 radical (unpaired) electrons. The van der Waals surface area contributed by atoms with E-state index in [1.807, 2.05) is 30.3 Å². The third kappa shape index (κ3) is 5.12. The van der Waals surface area contributed by atoms with Gasteiger partial charge in [0.25, 0.3) is 5.91 Å². The van der Waals surface area contributed by atoms with Crippen LogP contribution in [0.25, 0.3) is 11.3 Å². The Balaban J connectivity index is 1.54. The maximum atomic E-state index is 13.2. The van der Waals surface area contributed by atoms with Gasteiger partial charge < -0.3 is 19.6 Å². The smallest absolute Gasteiger partial charge is 0.407 e. The molecule has 1 aliphatic rings. The number of aromatic nitrogens is 1. The molecule has 0 saturated carbocycles. The Labute approximate surface area is 198 Å². The van der Waals surface area contributed by atoms with Crippen LogP contribution in [0.2, 0.25) is 0 Å². The molecule has 2 atom stereocenters. The van der Waals surface area contributed by atoms with Crippen molar-refractivity contribution in [3.8, 4) is 11.3 Å². The first kappa shape index (κ1) is 23.5. The van der Waals surface area contributed by atoms with Gasteiger partial charge in [-0.25, -0.2) is 9.78 Å². The minimum Gasteiger partial charge on any atom is -0.444 e. The number of aliphatic hydroxyl groups is 1. The summed E-state index contributed by atoms with van der Waals surface area (Å²) in [6, 6.07) is 15.9. The molecule has 8 heteroatoms. The van der Waals surface area contributed by atoms with Crippen molar-refractivity contribution in [1.29, 1.82) is 0 Å². The molecule has 0 saturated heterocycles. The van der Waals surface area contributed by atoms with Gasteiger partial charge in [-0.3, -0.25) is 9.69 Å². The number of carbonyl (C=O) groups excluding carboxylic acids is 2. The highest BCUT2D eigenvalue weighted by Gasteiger charge is 2.41. The first-order valence-corrected chi connectivity index (χ1v) is 11.3. The molecule has 3 aromatic rings. The molecule has 1 aliphatic heterocycles. The Hall–Kier alpha value is -3.65. The second-order valence-electron chi connectivity index (χ2n) is 9.19. The second kappa shape index (κ2) is 9.69. The molecule has 1 unspecified atom stereocenters. The van der Waals surface area contributed by atoms with Crippen molar-refractivity contribution < 1.29 is 23.8 Å². The third-order valence-electron chi connectivity index (χ3n) is 5.49.